The van der Waals surface area contributed by atoms with E-state index >= 15 is 0 Å². The standard InChI is InChI=1S/C15H23N3S/c1-18-11-4-5-12(18)8-10(7-11)15-17-14(9-19-15)13-3-2-6-16-13/h9-13,16H,2-8H2,1H3. The van der Waals surface area contributed by atoms with Crippen molar-refractivity contribution in [3.05, 3.63) is 16.1 Å². The minimum Gasteiger partial charge on any atom is -0.309 e. The number of hydrogen-bond acceptors (Lipinski definition) is 4. The summed E-state index contributed by atoms with van der Waals surface area (Å²) in [4.78, 5) is 7.59. The Balaban J connectivity index is 1.50. The van der Waals surface area contributed by atoms with E-state index in [0.717, 1.165) is 24.5 Å². The maximum Gasteiger partial charge on any atom is 0.0961 e. The highest BCUT2D eigenvalue weighted by molar-refractivity contribution is 7.09. The molecule has 3 unspecified atom stereocenters. The number of nitrogens with zero attached hydrogens (tertiary/aromatic N) is 2. The Labute approximate surface area is 119 Å². The topological polar surface area (TPSA) is 28.2 Å². The molecule has 19 heavy (non-hydrogen) atoms. The molecule has 0 amide bonds. The van der Waals surface area contributed by atoms with E-state index < -0.39 is 0 Å². The van der Waals surface area contributed by atoms with E-state index in [1.165, 1.54) is 49.2 Å². The summed E-state index contributed by atoms with van der Waals surface area (Å²) < 4.78 is 0. The number of hydrogen-bond donors (Lipinski definition) is 1. The first-order valence-electron chi connectivity index (χ1n) is 7.72. The molecule has 1 aromatic rings. The summed E-state index contributed by atoms with van der Waals surface area (Å²) in [6.45, 7) is 1.16. The fourth-order valence-electron chi connectivity index (χ4n) is 4.20. The van der Waals surface area contributed by atoms with Crippen LogP contribution >= 0.6 is 11.3 Å². The van der Waals surface area contributed by atoms with E-state index in [2.05, 4.69) is 22.6 Å². The highest BCUT2D eigenvalue weighted by Crippen LogP contribution is 2.43. The van der Waals surface area contributed by atoms with Crippen LogP contribution in [0, 0.1) is 0 Å². The Morgan fingerprint density at radius 2 is 2.05 bits per heavy atom. The first kappa shape index (κ1) is 12.3. The van der Waals surface area contributed by atoms with Crippen molar-refractivity contribution < 1.29 is 0 Å². The molecule has 3 fully saturated rings. The molecule has 3 aliphatic rings. The maximum atomic E-state index is 4.98. The van der Waals surface area contributed by atoms with Gasteiger partial charge in [-0.2, -0.15) is 0 Å². The van der Waals surface area contributed by atoms with Crippen LogP contribution in [0.25, 0.3) is 0 Å². The number of piperidine rings is 1. The lowest BCUT2D eigenvalue weighted by molar-refractivity contribution is 0.161. The molecule has 0 aromatic carbocycles. The van der Waals surface area contributed by atoms with E-state index in [1.807, 2.05) is 11.3 Å². The molecule has 3 aliphatic heterocycles. The van der Waals surface area contributed by atoms with E-state index in [1.54, 1.807) is 0 Å². The van der Waals surface area contributed by atoms with Gasteiger partial charge in [0.1, 0.15) is 0 Å². The van der Waals surface area contributed by atoms with E-state index in [9.17, 15) is 0 Å². The predicted molar refractivity (Wildman–Crippen MR) is 78.6 cm³/mol. The minimum absolute atomic E-state index is 0.535. The third kappa shape index (κ3) is 2.14. The molecule has 0 aliphatic carbocycles. The maximum absolute atomic E-state index is 4.98. The van der Waals surface area contributed by atoms with Gasteiger partial charge in [-0.3, -0.25) is 0 Å². The summed E-state index contributed by atoms with van der Waals surface area (Å²) in [5.74, 6) is 0.730. The number of thiazole rings is 1. The van der Waals surface area contributed by atoms with E-state index in [4.69, 9.17) is 4.98 Å². The largest absolute Gasteiger partial charge is 0.309 e. The molecule has 4 heterocycles. The highest BCUT2D eigenvalue weighted by Gasteiger charge is 2.39. The monoisotopic (exact) mass is 277 g/mol. The summed E-state index contributed by atoms with van der Waals surface area (Å²) in [6, 6.07) is 2.18. The van der Waals surface area contributed by atoms with Crippen LogP contribution in [0.15, 0.2) is 5.38 Å². The van der Waals surface area contributed by atoms with Gasteiger partial charge in [-0.15, -0.1) is 11.3 Å². The molecule has 104 valence electrons. The Kier molecular flexibility index (Phi) is 3.13. The van der Waals surface area contributed by atoms with Crippen LogP contribution in [0.3, 0.4) is 0 Å². The Morgan fingerprint density at radius 3 is 2.74 bits per heavy atom. The van der Waals surface area contributed by atoms with Gasteiger partial charge in [0.2, 0.25) is 0 Å². The molecule has 0 spiro atoms. The number of aromatic nitrogens is 1. The van der Waals surface area contributed by atoms with Crippen molar-refractivity contribution in [1.82, 2.24) is 15.2 Å². The fourth-order valence-corrected chi connectivity index (χ4v) is 5.20. The summed E-state index contributed by atoms with van der Waals surface area (Å²) in [5.41, 5.74) is 1.31. The third-order valence-corrected chi connectivity index (χ3v) is 6.43. The molecule has 1 aromatic heterocycles. The van der Waals surface area contributed by atoms with Crippen LogP contribution in [-0.2, 0) is 0 Å². The first-order valence-corrected chi connectivity index (χ1v) is 8.60. The Morgan fingerprint density at radius 1 is 1.26 bits per heavy atom. The molecular formula is C15H23N3S. The first-order chi connectivity index (χ1) is 9.31. The minimum atomic E-state index is 0.535. The van der Waals surface area contributed by atoms with Crippen molar-refractivity contribution in [2.75, 3.05) is 13.6 Å². The van der Waals surface area contributed by atoms with Crippen LogP contribution in [0.1, 0.15) is 61.2 Å². The Bertz CT molecular complexity index is 438. The van der Waals surface area contributed by atoms with Crippen molar-refractivity contribution in [2.24, 2.45) is 0 Å². The average molecular weight is 277 g/mol. The molecule has 3 atom stereocenters. The van der Waals surface area contributed by atoms with Crippen molar-refractivity contribution >= 4 is 11.3 Å². The van der Waals surface area contributed by atoms with Gasteiger partial charge >= 0.3 is 0 Å². The molecule has 0 saturated carbocycles. The zero-order valence-corrected chi connectivity index (χ0v) is 12.5. The third-order valence-electron chi connectivity index (χ3n) is 5.40. The second-order valence-electron chi connectivity index (χ2n) is 6.48. The van der Waals surface area contributed by atoms with Gasteiger partial charge in [-0.05, 0) is 52.1 Å². The second kappa shape index (κ2) is 4.83. The number of rotatable bonds is 2. The molecular weight excluding hydrogens is 254 g/mol. The van der Waals surface area contributed by atoms with Crippen LogP contribution < -0.4 is 5.32 Å². The summed E-state index contributed by atoms with van der Waals surface area (Å²) in [6.07, 6.45) is 8.04. The fraction of sp³-hybridized carbons (Fsp3) is 0.800. The zero-order chi connectivity index (χ0) is 12.8. The molecule has 3 saturated heterocycles. The molecule has 4 rings (SSSR count). The quantitative estimate of drug-likeness (QED) is 0.901. The van der Waals surface area contributed by atoms with Crippen LogP contribution in [-0.4, -0.2) is 35.6 Å². The van der Waals surface area contributed by atoms with Crippen LogP contribution in [0.4, 0.5) is 0 Å². The predicted octanol–water partition coefficient (Wildman–Crippen LogP) is 2.91. The van der Waals surface area contributed by atoms with Gasteiger partial charge in [0.25, 0.3) is 0 Å². The smallest absolute Gasteiger partial charge is 0.0961 e. The lowest BCUT2D eigenvalue weighted by Gasteiger charge is -2.35. The molecule has 0 radical (unpaired) electrons. The van der Waals surface area contributed by atoms with Gasteiger partial charge in [0.05, 0.1) is 16.7 Å². The molecule has 1 N–H and O–H groups in total. The molecule has 3 nitrogen and oxygen atoms in total. The highest BCUT2D eigenvalue weighted by atomic mass is 32.1. The zero-order valence-electron chi connectivity index (χ0n) is 11.6. The normalized spacial score (nSPS) is 39.0. The molecule has 2 bridgehead atoms. The van der Waals surface area contributed by atoms with Gasteiger partial charge in [0, 0.05) is 23.4 Å². The summed E-state index contributed by atoms with van der Waals surface area (Å²) in [5, 5.41) is 7.28. The van der Waals surface area contributed by atoms with Crippen molar-refractivity contribution in [3.8, 4) is 0 Å². The van der Waals surface area contributed by atoms with Gasteiger partial charge in [-0.25, -0.2) is 4.98 Å². The average Bonchev–Trinajstić information content (AvgIpc) is 3.10. The van der Waals surface area contributed by atoms with Crippen LogP contribution in [0.5, 0.6) is 0 Å². The van der Waals surface area contributed by atoms with Crippen molar-refractivity contribution in [3.63, 3.8) is 0 Å². The van der Waals surface area contributed by atoms with Gasteiger partial charge in [0.15, 0.2) is 0 Å². The van der Waals surface area contributed by atoms with Crippen LogP contribution in [0.2, 0.25) is 0 Å². The van der Waals surface area contributed by atoms with Gasteiger partial charge < -0.3 is 10.2 Å². The lowest BCUT2D eigenvalue weighted by Crippen LogP contribution is -2.39. The van der Waals surface area contributed by atoms with Crippen molar-refractivity contribution in [2.45, 2.75) is 62.6 Å². The summed E-state index contributed by atoms with van der Waals surface area (Å²) in [7, 11) is 2.31. The Hall–Kier alpha value is -0.450. The van der Waals surface area contributed by atoms with Crippen molar-refractivity contribution in [1.29, 1.82) is 0 Å². The second-order valence-corrected chi connectivity index (χ2v) is 7.37. The number of nitrogens with one attached hydrogen (secondary N) is 1. The lowest BCUT2D eigenvalue weighted by atomic mass is 9.91. The van der Waals surface area contributed by atoms with Gasteiger partial charge in [-0.1, -0.05) is 0 Å². The summed E-state index contributed by atoms with van der Waals surface area (Å²) >= 11 is 1.91. The SMILES string of the molecule is CN1C2CCC1CC(c1nc(C3CCCN3)cs1)C2. The number of fused-ring (bicyclic) bond motifs is 2. The van der Waals surface area contributed by atoms with E-state index in [-0.39, 0.29) is 0 Å². The van der Waals surface area contributed by atoms with E-state index in [0.29, 0.717) is 6.04 Å². The molecule has 4 heteroatoms.